The molecular weight excluding hydrogens is 379 g/mol. The van der Waals surface area contributed by atoms with Crippen molar-refractivity contribution in [1.82, 2.24) is 24.9 Å². The zero-order valence-corrected chi connectivity index (χ0v) is 15.5. The highest BCUT2D eigenvalue weighted by atomic mass is 19.1. The van der Waals surface area contributed by atoms with E-state index in [0.717, 1.165) is 25.6 Å². The van der Waals surface area contributed by atoms with Crippen molar-refractivity contribution < 1.29 is 19.0 Å². The normalized spacial score (nSPS) is 22.0. The van der Waals surface area contributed by atoms with Gasteiger partial charge in [0.15, 0.2) is 5.65 Å². The van der Waals surface area contributed by atoms with Gasteiger partial charge >= 0.3 is 0 Å². The molecule has 29 heavy (non-hydrogen) atoms. The van der Waals surface area contributed by atoms with E-state index in [9.17, 15) is 14.3 Å². The molecular formula is C19H19FN6O3. The number of pyridine rings is 1. The van der Waals surface area contributed by atoms with Gasteiger partial charge in [-0.3, -0.25) is 4.79 Å². The minimum atomic E-state index is -0.952. The number of carbonyl (C=O) groups is 1. The van der Waals surface area contributed by atoms with Gasteiger partial charge in [0.2, 0.25) is 5.88 Å². The summed E-state index contributed by atoms with van der Waals surface area (Å²) in [6, 6.07) is 3.07. The first kappa shape index (κ1) is 17.8. The number of amides is 1. The van der Waals surface area contributed by atoms with Crippen LogP contribution in [0.1, 0.15) is 34.8 Å². The monoisotopic (exact) mass is 398 g/mol. The van der Waals surface area contributed by atoms with E-state index in [4.69, 9.17) is 4.74 Å². The molecule has 0 aliphatic carbocycles. The summed E-state index contributed by atoms with van der Waals surface area (Å²) in [5, 5.41) is 17.0. The number of aliphatic hydroxyl groups excluding tert-OH is 1. The Labute approximate surface area is 165 Å². The maximum absolute atomic E-state index is 14.0. The maximum Gasteiger partial charge on any atom is 0.256 e. The third-order valence-corrected chi connectivity index (χ3v) is 5.26. The summed E-state index contributed by atoms with van der Waals surface area (Å²) < 4.78 is 21.2. The summed E-state index contributed by atoms with van der Waals surface area (Å²) >= 11 is 0. The molecule has 1 amide bonds. The molecule has 5 rings (SSSR count). The van der Waals surface area contributed by atoms with Crippen LogP contribution < -0.4 is 15.0 Å². The van der Waals surface area contributed by atoms with Crippen LogP contribution in [0.4, 0.5) is 10.2 Å². The zero-order valence-electron chi connectivity index (χ0n) is 15.5. The molecule has 2 unspecified atom stereocenters. The second kappa shape index (κ2) is 6.96. The number of fused-ring (bicyclic) bond motifs is 5. The molecule has 0 spiro atoms. The van der Waals surface area contributed by atoms with E-state index in [1.165, 1.54) is 16.8 Å². The fraction of sp³-hybridized carbons (Fsp3) is 0.368. The highest BCUT2D eigenvalue weighted by Gasteiger charge is 2.31. The molecule has 0 aromatic carbocycles. The molecule has 3 aromatic rings. The maximum atomic E-state index is 14.0. The number of aliphatic hydroxyl groups is 1. The SMILES string of the molecule is O=C1NCC(O)COc2ncc(F)cc2C2CCCN2c2ccn3ncc1c3n2. The number of nitrogens with one attached hydrogen (secondary N) is 1. The summed E-state index contributed by atoms with van der Waals surface area (Å²) in [6.07, 6.45) is 5.01. The van der Waals surface area contributed by atoms with E-state index in [1.807, 2.05) is 6.07 Å². The van der Waals surface area contributed by atoms with Gasteiger partial charge in [-0.05, 0) is 25.0 Å². The van der Waals surface area contributed by atoms with Crippen LogP contribution in [0.3, 0.4) is 0 Å². The molecule has 2 N–H and O–H groups in total. The van der Waals surface area contributed by atoms with Crippen molar-refractivity contribution in [3.05, 3.63) is 47.7 Å². The summed E-state index contributed by atoms with van der Waals surface area (Å²) in [4.78, 5) is 23.4. The van der Waals surface area contributed by atoms with Crippen LogP contribution in [0.15, 0.2) is 30.7 Å². The number of hydrogen-bond donors (Lipinski definition) is 2. The van der Waals surface area contributed by atoms with Crippen LogP contribution in [-0.4, -0.2) is 56.4 Å². The average molecular weight is 398 g/mol. The Morgan fingerprint density at radius 1 is 1.34 bits per heavy atom. The average Bonchev–Trinajstić information content (AvgIpc) is 3.37. The van der Waals surface area contributed by atoms with Gasteiger partial charge in [-0.15, -0.1) is 0 Å². The molecule has 10 heteroatoms. The van der Waals surface area contributed by atoms with Gasteiger partial charge in [-0.25, -0.2) is 18.9 Å². The van der Waals surface area contributed by atoms with Gasteiger partial charge in [-0.2, -0.15) is 5.10 Å². The molecule has 2 aliphatic rings. The van der Waals surface area contributed by atoms with E-state index >= 15 is 0 Å². The molecule has 3 aromatic heterocycles. The summed E-state index contributed by atoms with van der Waals surface area (Å²) in [5.41, 5.74) is 1.36. The predicted molar refractivity (Wildman–Crippen MR) is 100 cm³/mol. The number of carbonyl (C=O) groups excluding carboxylic acids is 1. The van der Waals surface area contributed by atoms with Gasteiger partial charge in [0.25, 0.3) is 5.91 Å². The smallest absolute Gasteiger partial charge is 0.256 e. The van der Waals surface area contributed by atoms with Gasteiger partial charge < -0.3 is 20.1 Å². The van der Waals surface area contributed by atoms with Crippen molar-refractivity contribution in [3.63, 3.8) is 0 Å². The van der Waals surface area contributed by atoms with Crippen LogP contribution in [0.5, 0.6) is 5.88 Å². The summed E-state index contributed by atoms with van der Waals surface area (Å²) in [7, 11) is 0. The lowest BCUT2D eigenvalue weighted by atomic mass is 10.1. The first-order valence-corrected chi connectivity index (χ1v) is 9.45. The molecule has 9 nitrogen and oxygen atoms in total. The first-order chi connectivity index (χ1) is 14.1. The lowest BCUT2D eigenvalue weighted by Gasteiger charge is -2.27. The first-order valence-electron chi connectivity index (χ1n) is 9.45. The topological polar surface area (TPSA) is 105 Å². The van der Waals surface area contributed by atoms with Crippen molar-refractivity contribution >= 4 is 17.4 Å². The quantitative estimate of drug-likeness (QED) is 0.584. The number of halogens is 1. The fourth-order valence-corrected chi connectivity index (χ4v) is 3.89. The van der Waals surface area contributed by atoms with Crippen LogP contribution in [0.2, 0.25) is 0 Å². The lowest BCUT2D eigenvalue weighted by Crippen LogP contribution is -2.35. The van der Waals surface area contributed by atoms with E-state index in [-0.39, 0.29) is 31.0 Å². The third kappa shape index (κ3) is 3.15. The minimum absolute atomic E-state index is 0.0120. The number of hydrogen-bond acceptors (Lipinski definition) is 7. The van der Waals surface area contributed by atoms with Crippen LogP contribution in [0.25, 0.3) is 5.65 Å². The Kier molecular flexibility index (Phi) is 4.27. The van der Waals surface area contributed by atoms with Crippen molar-refractivity contribution in [1.29, 1.82) is 0 Å². The molecule has 150 valence electrons. The molecule has 2 bridgehead atoms. The molecule has 5 heterocycles. The number of β-amino-alcohol motifs (C(OH)–C–C–N with tert-alkyl or cyclic N) is 1. The molecule has 0 radical (unpaired) electrons. The number of aromatic nitrogens is 4. The van der Waals surface area contributed by atoms with Crippen LogP contribution in [0, 0.1) is 5.82 Å². The Balaban J connectivity index is 1.66. The predicted octanol–water partition coefficient (Wildman–Crippen LogP) is 1.09. The molecule has 2 aliphatic heterocycles. The Morgan fingerprint density at radius 2 is 2.24 bits per heavy atom. The van der Waals surface area contributed by atoms with E-state index in [1.54, 1.807) is 6.20 Å². The highest BCUT2D eigenvalue weighted by Crippen LogP contribution is 2.39. The summed E-state index contributed by atoms with van der Waals surface area (Å²) in [6.45, 7) is 0.635. The number of nitrogens with zero attached hydrogens (tertiary/aromatic N) is 5. The number of anilines is 1. The Hall–Kier alpha value is -3.27. The molecule has 1 fully saturated rings. The molecule has 2 atom stereocenters. The van der Waals surface area contributed by atoms with Crippen molar-refractivity contribution in [2.75, 3.05) is 24.6 Å². The largest absolute Gasteiger partial charge is 0.475 e. The van der Waals surface area contributed by atoms with Crippen LogP contribution in [-0.2, 0) is 0 Å². The second-order valence-corrected chi connectivity index (χ2v) is 7.19. The van der Waals surface area contributed by atoms with Gasteiger partial charge in [0, 0.05) is 24.8 Å². The Bertz CT molecular complexity index is 1090. The fourth-order valence-electron chi connectivity index (χ4n) is 3.89. The van der Waals surface area contributed by atoms with Gasteiger partial charge in [0.1, 0.15) is 29.9 Å². The van der Waals surface area contributed by atoms with E-state index in [2.05, 4.69) is 25.3 Å². The third-order valence-electron chi connectivity index (χ3n) is 5.26. The van der Waals surface area contributed by atoms with Crippen molar-refractivity contribution in [2.24, 2.45) is 0 Å². The van der Waals surface area contributed by atoms with Gasteiger partial charge in [-0.1, -0.05) is 0 Å². The molecule has 0 saturated carbocycles. The van der Waals surface area contributed by atoms with Crippen molar-refractivity contribution in [2.45, 2.75) is 25.0 Å². The van der Waals surface area contributed by atoms with Gasteiger partial charge in [0.05, 0.1) is 18.4 Å². The molecule has 1 saturated heterocycles. The van der Waals surface area contributed by atoms with E-state index < -0.39 is 11.9 Å². The number of ether oxygens (including phenoxy) is 1. The second-order valence-electron chi connectivity index (χ2n) is 7.19. The zero-order chi connectivity index (χ0) is 20.0. The Morgan fingerprint density at radius 3 is 3.14 bits per heavy atom. The number of rotatable bonds is 0. The van der Waals surface area contributed by atoms with Crippen LogP contribution >= 0.6 is 0 Å². The van der Waals surface area contributed by atoms with Crippen molar-refractivity contribution in [3.8, 4) is 5.88 Å². The minimum Gasteiger partial charge on any atom is -0.475 e. The standard InChI is InChI=1S/C19H19FN6O3/c20-11-6-13-15-2-1-4-25(15)16-3-5-26-17(24-16)14(9-23-26)18(28)21-8-12(27)10-29-19(13)22-7-11/h3,5-7,9,12,15,27H,1-2,4,8,10H2,(H,21,28). The lowest BCUT2D eigenvalue weighted by molar-refractivity contribution is 0.0835. The summed E-state index contributed by atoms with van der Waals surface area (Å²) in [5.74, 6) is 0.118. The van der Waals surface area contributed by atoms with E-state index in [0.29, 0.717) is 22.6 Å². The highest BCUT2D eigenvalue weighted by molar-refractivity contribution is 5.99.